The van der Waals surface area contributed by atoms with E-state index in [2.05, 4.69) is 20.8 Å². The second-order valence-corrected chi connectivity index (χ2v) is 8.59. The molecule has 19 heavy (non-hydrogen) atoms. The molecule has 3 saturated carbocycles. The van der Waals surface area contributed by atoms with E-state index in [4.69, 9.17) is 0 Å². The molecule has 0 spiro atoms. The molecule has 110 valence electrons. The van der Waals surface area contributed by atoms with Gasteiger partial charge in [0, 0.05) is 11.8 Å². The lowest BCUT2D eigenvalue weighted by Crippen LogP contribution is -2.56. The zero-order valence-corrected chi connectivity index (χ0v) is 12.6. The SMILES string of the molecule is CC1C(O)CCC2(O)CC3(O)CC(C)(C)CC3C12C. The van der Waals surface area contributed by atoms with Crippen LogP contribution in [0.2, 0.25) is 0 Å². The average Bonchev–Trinajstić information content (AvgIpc) is 2.59. The minimum Gasteiger partial charge on any atom is -0.393 e. The third-order valence-corrected chi connectivity index (χ3v) is 6.89. The number of hydrogen-bond donors (Lipinski definition) is 3. The second-order valence-electron chi connectivity index (χ2n) is 8.59. The molecule has 0 heterocycles. The molecule has 3 aliphatic rings. The summed E-state index contributed by atoms with van der Waals surface area (Å²) in [5.41, 5.74) is -1.79. The summed E-state index contributed by atoms with van der Waals surface area (Å²) in [6, 6.07) is 0. The van der Waals surface area contributed by atoms with E-state index in [0.29, 0.717) is 19.3 Å². The summed E-state index contributed by atoms with van der Waals surface area (Å²) in [6.07, 6.45) is 3.12. The van der Waals surface area contributed by atoms with E-state index in [-0.39, 0.29) is 28.8 Å². The summed E-state index contributed by atoms with van der Waals surface area (Å²) < 4.78 is 0. The number of rotatable bonds is 0. The Hall–Kier alpha value is -0.120. The van der Waals surface area contributed by atoms with Crippen LogP contribution in [0.1, 0.15) is 59.8 Å². The quantitative estimate of drug-likeness (QED) is 0.630. The summed E-state index contributed by atoms with van der Waals surface area (Å²) in [4.78, 5) is 0. The lowest BCUT2D eigenvalue weighted by molar-refractivity contribution is -0.165. The molecule has 0 saturated heterocycles. The molecular weight excluding hydrogens is 240 g/mol. The Kier molecular flexibility index (Phi) is 2.59. The Bertz CT molecular complexity index is 407. The van der Waals surface area contributed by atoms with Crippen molar-refractivity contribution in [2.45, 2.75) is 77.1 Å². The molecule has 0 aromatic carbocycles. The molecule has 3 nitrogen and oxygen atoms in total. The minimum absolute atomic E-state index is 0.0409. The van der Waals surface area contributed by atoms with E-state index in [1.165, 1.54) is 0 Å². The van der Waals surface area contributed by atoms with Gasteiger partial charge in [0.05, 0.1) is 17.3 Å². The predicted octanol–water partition coefficient (Wildman–Crippen LogP) is 2.09. The van der Waals surface area contributed by atoms with Gasteiger partial charge in [0.1, 0.15) is 0 Å². The fraction of sp³-hybridized carbons (Fsp3) is 1.00. The molecule has 0 aliphatic heterocycles. The van der Waals surface area contributed by atoms with Gasteiger partial charge in [-0.15, -0.1) is 0 Å². The molecule has 3 aliphatic carbocycles. The monoisotopic (exact) mass is 268 g/mol. The third-order valence-electron chi connectivity index (χ3n) is 6.89. The van der Waals surface area contributed by atoms with E-state index in [9.17, 15) is 15.3 Å². The largest absolute Gasteiger partial charge is 0.393 e. The number of aliphatic hydroxyl groups excluding tert-OH is 1. The van der Waals surface area contributed by atoms with Crippen molar-refractivity contribution in [3.05, 3.63) is 0 Å². The lowest BCUT2D eigenvalue weighted by Gasteiger charge is -2.53. The summed E-state index contributed by atoms with van der Waals surface area (Å²) >= 11 is 0. The first-order valence-electron chi connectivity index (χ1n) is 7.67. The lowest BCUT2D eigenvalue weighted by atomic mass is 9.55. The first-order valence-corrected chi connectivity index (χ1v) is 7.67. The van der Waals surface area contributed by atoms with Crippen LogP contribution in [0.25, 0.3) is 0 Å². The predicted molar refractivity (Wildman–Crippen MR) is 73.5 cm³/mol. The molecule has 0 aromatic rings. The number of fused-ring (bicyclic) bond motifs is 3. The molecule has 0 amide bonds. The van der Waals surface area contributed by atoms with Crippen molar-refractivity contribution in [1.29, 1.82) is 0 Å². The van der Waals surface area contributed by atoms with Crippen LogP contribution in [0.5, 0.6) is 0 Å². The van der Waals surface area contributed by atoms with Crippen molar-refractivity contribution in [2.24, 2.45) is 22.7 Å². The average molecular weight is 268 g/mol. The van der Waals surface area contributed by atoms with Gasteiger partial charge in [-0.05, 0) is 42.9 Å². The van der Waals surface area contributed by atoms with Crippen LogP contribution >= 0.6 is 0 Å². The fourth-order valence-electron chi connectivity index (χ4n) is 5.88. The van der Waals surface area contributed by atoms with Crippen LogP contribution in [-0.4, -0.2) is 32.6 Å². The maximum Gasteiger partial charge on any atom is 0.0736 e. The van der Waals surface area contributed by atoms with Crippen LogP contribution < -0.4 is 0 Å². The third kappa shape index (κ3) is 1.55. The molecule has 6 unspecified atom stereocenters. The van der Waals surface area contributed by atoms with E-state index in [1.54, 1.807) is 0 Å². The molecule has 3 N–H and O–H groups in total. The topological polar surface area (TPSA) is 60.7 Å². The second kappa shape index (κ2) is 3.55. The van der Waals surface area contributed by atoms with Gasteiger partial charge in [0.2, 0.25) is 0 Å². The highest BCUT2D eigenvalue weighted by Gasteiger charge is 2.73. The highest BCUT2D eigenvalue weighted by molar-refractivity contribution is 5.23. The van der Waals surface area contributed by atoms with Gasteiger partial charge < -0.3 is 15.3 Å². The van der Waals surface area contributed by atoms with E-state index in [1.807, 2.05) is 6.92 Å². The van der Waals surface area contributed by atoms with Crippen molar-refractivity contribution in [3.63, 3.8) is 0 Å². The highest BCUT2D eigenvalue weighted by atomic mass is 16.3. The van der Waals surface area contributed by atoms with Crippen LogP contribution in [-0.2, 0) is 0 Å². The molecule has 3 fully saturated rings. The van der Waals surface area contributed by atoms with E-state index >= 15 is 0 Å². The van der Waals surface area contributed by atoms with Gasteiger partial charge in [-0.25, -0.2) is 0 Å². The maximum absolute atomic E-state index is 11.1. The zero-order valence-electron chi connectivity index (χ0n) is 12.6. The van der Waals surface area contributed by atoms with Gasteiger partial charge in [0.15, 0.2) is 0 Å². The molecule has 6 atom stereocenters. The minimum atomic E-state index is -0.804. The van der Waals surface area contributed by atoms with E-state index in [0.717, 1.165) is 12.8 Å². The number of hydrogen-bond acceptors (Lipinski definition) is 3. The van der Waals surface area contributed by atoms with Gasteiger partial charge >= 0.3 is 0 Å². The molecule has 3 heteroatoms. The van der Waals surface area contributed by atoms with Gasteiger partial charge in [-0.2, -0.15) is 0 Å². The van der Waals surface area contributed by atoms with Gasteiger partial charge in [-0.1, -0.05) is 27.7 Å². The van der Waals surface area contributed by atoms with Crippen LogP contribution in [0.3, 0.4) is 0 Å². The van der Waals surface area contributed by atoms with Gasteiger partial charge in [-0.3, -0.25) is 0 Å². The molecule has 3 rings (SSSR count). The molecular formula is C16H28O3. The summed E-state index contributed by atoms with van der Waals surface area (Å²) in [7, 11) is 0. The van der Waals surface area contributed by atoms with Crippen LogP contribution in [0, 0.1) is 22.7 Å². The van der Waals surface area contributed by atoms with Crippen molar-refractivity contribution in [3.8, 4) is 0 Å². The van der Waals surface area contributed by atoms with Crippen LogP contribution in [0.4, 0.5) is 0 Å². The Balaban J connectivity index is 2.07. The molecule has 0 aromatic heterocycles. The summed E-state index contributed by atoms with van der Waals surface area (Å²) in [5.74, 6) is 0.143. The highest BCUT2D eigenvalue weighted by Crippen LogP contribution is 2.70. The Morgan fingerprint density at radius 3 is 2.32 bits per heavy atom. The molecule has 0 bridgehead atoms. The van der Waals surface area contributed by atoms with Crippen molar-refractivity contribution < 1.29 is 15.3 Å². The normalized spacial score (nSPS) is 59.8. The van der Waals surface area contributed by atoms with E-state index < -0.39 is 11.2 Å². The molecule has 0 radical (unpaired) electrons. The first kappa shape index (κ1) is 13.8. The fourth-order valence-corrected chi connectivity index (χ4v) is 5.88. The van der Waals surface area contributed by atoms with Crippen molar-refractivity contribution in [1.82, 2.24) is 0 Å². The standard InChI is InChI=1S/C16H28O3/c1-10-11(17)5-6-16(19)9-15(18)8-13(2,3)7-12(15)14(10,16)4/h10-12,17-19H,5-9H2,1-4H3. The van der Waals surface area contributed by atoms with Gasteiger partial charge in [0.25, 0.3) is 0 Å². The zero-order chi connectivity index (χ0) is 14.3. The van der Waals surface area contributed by atoms with Crippen LogP contribution in [0.15, 0.2) is 0 Å². The van der Waals surface area contributed by atoms with Crippen molar-refractivity contribution >= 4 is 0 Å². The Morgan fingerprint density at radius 2 is 1.68 bits per heavy atom. The Morgan fingerprint density at radius 1 is 1.05 bits per heavy atom. The smallest absolute Gasteiger partial charge is 0.0736 e. The van der Waals surface area contributed by atoms with Crippen molar-refractivity contribution in [2.75, 3.05) is 0 Å². The summed E-state index contributed by atoms with van der Waals surface area (Å²) in [6.45, 7) is 8.56. The maximum atomic E-state index is 11.1. The first-order chi connectivity index (χ1) is 8.54. The Labute approximate surface area is 116 Å². The number of aliphatic hydroxyl groups is 3. The summed E-state index contributed by atoms with van der Waals surface area (Å²) in [5, 5.41) is 32.5.